The standard InChI is InChI=1S/C11H13BrO2/c1-7(2)10(11(13)14)8-4-3-5-9(12)6-8/h3-7,10H,1-2H3,(H,13,14). The maximum Gasteiger partial charge on any atom is 0.311 e. The molecule has 0 amide bonds. The number of carbonyl (C=O) groups is 1. The predicted molar refractivity (Wildman–Crippen MR) is 59.4 cm³/mol. The fraction of sp³-hybridized carbons (Fsp3) is 0.364. The van der Waals surface area contributed by atoms with Crippen LogP contribution < -0.4 is 0 Å². The van der Waals surface area contributed by atoms with Crippen molar-refractivity contribution in [1.29, 1.82) is 0 Å². The van der Waals surface area contributed by atoms with Crippen molar-refractivity contribution >= 4 is 21.9 Å². The van der Waals surface area contributed by atoms with E-state index in [1.165, 1.54) is 0 Å². The summed E-state index contributed by atoms with van der Waals surface area (Å²) in [6.45, 7) is 3.83. The van der Waals surface area contributed by atoms with Gasteiger partial charge in [0.2, 0.25) is 0 Å². The molecule has 1 atom stereocenters. The van der Waals surface area contributed by atoms with E-state index < -0.39 is 11.9 Å². The zero-order chi connectivity index (χ0) is 10.7. The van der Waals surface area contributed by atoms with Gasteiger partial charge in [-0.25, -0.2) is 0 Å². The molecule has 76 valence electrons. The van der Waals surface area contributed by atoms with Gasteiger partial charge in [0.15, 0.2) is 0 Å². The summed E-state index contributed by atoms with van der Waals surface area (Å²) in [6.07, 6.45) is 0. The third-order valence-corrected chi connectivity index (χ3v) is 2.63. The molecule has 1 N–H and O–H groups in total. The van der Waals surface area contributed by atoms with Crippen LogP contribution in [0, 0.1) is 5.92 Å². The van der Waals surface area contributed by atoms with E-state index in [1.54, 1.807) is 0 Å². The molecule has 3 heteroatoms. The van der Waals surface area contributed by atoms with E-state index in [9.17, 15) is 4.79 Å². The quantitative estimate of drug-likeness (QED) is 0.902. The average Bonchev–Trinajstić information content (AvgIpc) is 2.02. The number of hydrogen-bond acceptors (Lipinski definition) is 1. The summed E-state index contributed by atoms with van der Waals surface area (Å²) in [5.41, 5.74) is 0.849. The maximum absolute atomic E-state index is 11.0. The van der Waals surface area contributed by atoms with Gasteiger partial charge in [0.1, 0.15) is 0 Å². The molecule has 0 aromatic heterocycles. The largest absolute Gasteiger partial charge is 0.481 e. The smallest absolute Gasteiger partial charge is 0.311 e. The molecule has 0 aliphatic rings. The summed E-state index contributed by atoms with van der Waals surface area (Å²) in [5.74, 6) is -1.09. The second-order valence-corrected chi connectivity index (χ2v) is 4.53. The Hall–Kier alpha value is -0.830. The fourth-order valence-electron chi connectivity index (χ4n) is 1.51. The number of carboxylic acids is 1. The van der Waals surface area contributed by atoms with Crippen LogP contribution in [0.1, 0.15) is 25.3 Å². The van der Waals surface area contributed by atoms with Crippen LogP contribution in [0.3, 0.4) is 0 Å². The van der Waals surface area contributed by atoms with Crippen molar-refractivity contribution in [2.24, 2.45) is 5.92 Å². The van der Waals surface area contributed by atoms with Gasteiger partial charge in [-0.05, 0) is 23.6 Å². The van der Waals surface area contributed by atoms with E-state index in [0.29, 0.717) is 0 Å². The Morgan fingerprint density at radius 3 is 2.50 bits per heavy atom. The first-order valence-corrected chi connectivity index (χ1v) is 5.30. The topological polar surface area (TPSA) is 37.3 Å². The van der Waals surface area contributed by atoms with Gasteiger partial charge in [0.05, 0.1) is 5.92 Å². The molecule has 0 fully saturated rings. The van der Waals surface area contributed by atoms with E-state index >= 15 is 0 Å². The number of hydrogen-bond donors (Lipinski definition) is 1. The third kappa shape index (κ3) is 2.58. The summed E-state index contributed by atoms with van der Waals surface area (Å²) in [7, 11) is 0. The van der Waals surface area contributed by atoms with Gasteiger partial charge in [0.25, 0.3) is 0 Å². The first kappa shape index (κ1) is 11.2. The SMILES string of the molecule is CC(C)C(C(=O)O)c1cccc(Br)c1. The van der Waals surface area contributed by atoms with E-state index in [1.807, 2.05) is 38.1 Å². The molecule has 1 aromatic carbocycles. The number of carboxylic acid groups (broad SMARTS) is 1. The van der Waals surface area contributed by atoms with E-state index in [-0.39, 0.29) is 5.92 Å². The lowest BCUT2D eigenvalue weighted by atomic mass is 9.89. The number of benzene rings is 1. The van der Waals surface area contributed by atoms with Crippen LogP contribution in [0.15, 0.2) is 28.7 Å². The molecule has 0 radical (unpaired) electrons. The highest BCUT2D eigenvalue weighted by atomic mass is 79.9. The first-order chi connectivity index (χ1) is 6.52. The molecule has 0 aliphatic heterocycles. The zero-order valence-electron chi connectivity index (χ0n) is 8.20. The Kier molecular flexibility index (Phi) is 3.69. The molecule has 0 aliphatic carbocycles. The maximum atomic E-state index is 11.0. The fourth-order valence-corrected chi connectivity index (χ4v) is 1.93. The molecule has 0 bridgehead atoms. The van der Waals surface area contributed by atoms with Gasteiger partial charge in [-0.3, -0.25) is 4.79 Å². The van der Waals surface area contributed by atoms with Gasteiger partial charge in [-0.15, -0.1) is 0 Å². The van der Waals surface area contributed by atoms with Crippen molar-refractivity contribution in [1.82, 2.24) is 0 Å². The normalized spacial score (nSPS) is 12.9. The summed E-state index contributed by atoms with van der Waals surface area (Å²) in [6, 6.07) is 7.46. The lowest BCUT2D eigenvalue weighted by Gasteiger charge is -2.16. The highest BCUT2D eigenvalue weighted by Gasteiger charge is 2.23. The molecule has 2 nitrogen and oxygen atoms in total. The van der Waals surface area contributed by atoms with Crippen LogP contribution in [-0.2, 0) is 4.79 Å². The van der Waals surface area contributed by atoms with Gasteiger partial charge in [0, 0.05) is 4.47 Å². The number of rotatable bonds is 3. The highest BCUT2D eigenvalue weighted by molar-refractivity contribution is 9.10. The van der Waals surface area contributed by atoms with Crippen LogP contribution in [0.5, 0.6) is 0 Å². The van der Waals surface area contributed by atoms with Crippen molar-refractivity contribution in [3.63, 3.8) is 0 Å². The van der Waals surface area contributed by atoms with Gasteiger partial charge >= 0.3 is 5.97 Å². The molecule has 1 aromatic rings. The van der Waals surface area contributed by atoms with Gasteiger partial charge < -0.3 is 5.11 Å². The van der Waals surface area contributed by atoms with Gasteiger partial charge in [-0.1, -0.05) is 41.9 Å². The average molecular weight is 257 g/mol. The number of halogens is 1. The number of aliphatic carboxylic acids is 1. The summed E-state index contributed by atoms with van der Waals surface area (Å²) < 4.78 is 0.918. The molecule has 1 unspecified atom stereocenters. The molecule has 0 saturated carbocycles. The second kappa shape index (κ2) is 4.60. The van der Waals surface area contributed by atoms with E-state index in [2.05, 4.69) is 15.9 Å². The van der Waals surface area contributed by atoms with E-state index in [4.69, 9.17) is 5.11 Å². The summed E-state index contributed by atoms with van der Waals surface area (Å²) >= 11 is 3.34. The van der Waals surface area contributed by atoms with Crippen molar-refractivity contribution in [3.8, 4) is 0 Å². The molecule has 0 saturated heterocycles. The van der Waals surface area contributed by atoms with Crippen molar-refractivity contribution in [2.45, 2.75) is 19.8 Å². The van der Waals surface area contributed by atoms with Gasteiger partial charge in [-0.2, -0.15) is 0 Å². The van der Waals surface area contributed by atoms with Crippen molar-refractivity contribution in [2.75, 3.05) is 0 Å². The first-order valence-electron chi connectivity index (χ1n) is 4.50. The Morgan fingerprint density at radius 1 is 1.43 bits per heavy atom. The monoisotopic (exact) mass is 256 g/mol. The zero-order valence-corrected chi connectivity index (χ0v) is 9.78. The Balaban J connectivity index is 3.05. The Morgan fingerprint density at radius 2 is 2.07 bits per heavy atom. The molecular formula is C11H13BrO2. The minimum absolute atomic E-state index is 0.0989. The third-order valence-electron chi connectivity index (χ3n) is 2.14. The Bertz CT molecular complexity index is 334. The van der Waals surface area contributed by atoms with Crippen LogP contribution >= 0.6 is 15.9 Å². The van der Waals surface area contributed by atoms with Crippen LogP contribution in [0.25, 0.3) is 0 Å². The van der Waals surface area contributed by atoms with Crippen molar-refractivity contribution < 1.29 is 9.90 Å². The molecule has 14 heavy (non-hydrogen) atoms. The Labute approximate surface area is 92.1 Å². The predicted octanol–water partition coefficient (Wildman–Crippen LogP) is 3.27. The minimum atomic E-state index is -0.766. The van der Waals surface area contributed by atoms with Crippen LogP contribution in [0.4, 0.5) is 0 Å². The highest BCUT2D eigenvalue weighted by Crippen LogP contribution is 2.26. The lowest BCUT2D eigenvalue weighted by molar-refractivity contribution is -0.139. The molecule has 1 rings (SSSR count). The lowest BCUT2D eigenvalue weighted by Crippen LogP contribution is -2.17. The second-order valence-electron chi connectivity index (χ2n) is 3.61. The minimum Gasteiger partial charge on any atom is -0.481 e. The van der Waals surface area contributed by atoms with Crippen LogP contribution in [0.2, 0.25) is 0 Å². The van der Waals surface area contributed by atoms with E-state index in [0.717, 1.165) is 10.0 Å². The van der Waals surface area contributed by atoms with Crippen LogP contribution in [-0.4, -0.2) is 11.1 Å². The summed E-state index contributed by atoms with van der Waals surface area (Å²) in [4.78, 5) is 11.0. The summed E-state index contributed by atoms with van der Waals surface area (Å²) in [5, 5.41) is 9.07. The molecule has 0 spiro atoms. The molecular weight excluding hydrogens is 244 g/mol. The molecule has 0 heterocycles. The van der Waals surface area contributed by atoms with Crippen molar-refractivity contribution in [3.05, 3.63) is 34.3 Å².